The first-order chi connectivity index (χ1) is 15.7. The maximum Gasteiger partial charge on any atom is 0.252 e. The highest BCUT2D eigenvalue weighted by Gasteiger charge is 2.48. The van der Waals surface area contributed by atoms with Crippen molar-refractivity contribution in [2.45, 2.75) is 30.3 Å². The lowest BCUT2D eigenvalue weighted by Crippen LogP contribution is -2.46. The van der Waals surface area contributed by atoms with Crippen molar-refractivity contribution >= 4 is 55.1 Å². The average Bonchev–Trinajstić information content (AvgIpc) is 3.08. The number of hydrogen-bond donors (Lipinski definition) is 0. The molecule has 1 fully saturated rings. The molecule has 3 aromatic rings. The van der Waals surface area contributed by atoms with Gasteiger partial charge in [-0.2, -0.15) is 4.31 Å². The van der Waals surface area contributed by atoms with Gasteiger partial charge in [-0.3, -0.25) is 9.59 Å². The molecule has 33 heavy (non-hydrogen) atoms. The number of rotatable bonds is 6. The Morgan fingerprint density at radius 1 is 0.970 bits per heavy atom. The second-order valence-corrected chi connectivity index (χ2v) is 10.8. The molecule has 0 spiro atoms. The lowest BCUT2D eigenvalue weighted by Gasteiger charge is -2.32. The fraction of sp³-hybridized carbons (Fsp3) is 0.167. The van der Waals surface area contributed by atoms with E-state index in [0.29, 0.717) is 16.3 Å². The normalized spacial score (nSPS) is 17.6. The van der Waals surface area contributed by atoms with Crippen molar-refractivity contribution in [3.05, 3.63) is 93.9 Å². The number of anilines is 1. The Bertz CT molecular complexity index is 1280. The van der Waals surface area contributed by atoms with Crippen LogP contribution >= 0.6 is 27.5 Å². The highest BCUT2D eigenvalue weighted by molar-refractivity contribution is 9.10. The van der Waals surface area contributed by atoms with E-state index < -0.39 is 33.9 Å². The summed E-state index contributed by atoms with van der Waals surface area (Å²) < 4.78 is 29.5. The highest BCUT2D eigenvalue weighted by atomic mass is 79.9. The Balaban J connectivity index is 1.79. The summed E-state index contributed by atoms with van der Waals surface area (Å²) in [7, 11) is -4.15. The lowest BCUT2D eigenvalue weighted by molar-refractivity contribution is -0.122. The van der Waals surface area contributed by atoms with Crippen molar-refractivity contribution in [2.24, 2.45) is 0 Å². The number of nitrogens with zero attached hydrogens (tertiary/aromatic N) is 2. The number of amides is 2. The molecular formula is C24H20BrClN2O4S. The molecule has 1 aliphatic rings. The Morgan fingerprint density at radius 3 is 2.18 bits per heavy atom. The number of carbonyl (C=O) groups is 2. The number of imide groups is 1. The van der Waals surface area contributed by atoms with Gasteiger partial charge in [0.15, 0.2) is 0 Å². The van der Waals surface area contributed by atoms with Gasteiger partial charge in [0.05, 0.1) is 17.0 Å². The fourth-order valence-electron chi connectivity index (χ4n) is 3.93. The molecule has 0 radical (unpaired) electrons. The molecule has 9 heteroatoms. The number of carbonyl (C=O) groups excluding carboxylic acids is 2. The Kier molecular flexibility index (Phi) is 6.72. The van der Waals surface area contributed by atoms with Gasteiger partial charge in [-0.25, -0.2) is 13.3 Å². The number of hydrogen-bond acceptors (Lipinski definition) is 4. The van der Waals surface area contributed by atoms with E-state index >= 15 is 0 Å². The second-order valence-electron chi connectivity index (χ2n) is 7.64. The molecule has 4 rings (SSSR count). The van der Waals surface area contributed by atoms with Crippen molar-refractivity contribution < 1.29 is 18.0 Å². The van der Waals surface area contributed by atoms with E-state index in [1.54, 1.807) is 55.5 Å². The molecule has 0 bridgehead atoms. The van der Waals surface area contributed by atoms with Crippen LogP contribution in [0.25, 0.3) is 0 Å². The molecule has 170 valence electrons. The van der Waals surface area contributed by atoms with E-state index in [1.165, 1.54) is 24.3 Å². The van der Waals surface area contributed by atoms with Crippen LogP contribution in [0.3, 0.4) is 0 Å². The summed E-state index contributed by atoms with van der Waals surface area (Å²) in [5, 5.41) is 0.394. The molecule has 0 aromatic heterocycles. The maximum atomic E-state index is 13.8. The van der Waals surface area contributed by atoms with Gasteiger partial charge >= 0.3 is 0 Å². The summed E-state index contributed by atoms with van der Waals surface area (Å²) in [5.74, 6) is -1.04. The third-order valence-electron chi connectivity index (χ3n) is 5.57. The maximum absolute atomic E-state index is 13.8. The lowest BCUT2D eigenvalue weighted by atomic mass is 10.1. The first-order valence-electron chi connectivity index (χ1n) is 10.2. The SMILES string of the molecule is CC(c1ccccc1)N(C1CC(=O)N(c2ccc(Br)cc2)C1=O)S(=O)(=O)c1ccc(Cl)cc1. The van der Waals surface area contributed by atoms with Crippen LogP contribution in [-0.4, -0.2) is 30.6 Å². The number of sulfonamides is 1. The first-order valence-corrected chi connectivity index (χ1v) is 12.8. The standard InChI is InChI=1S/C24H20BrClN2O4S/c1-16(17-5-3-2-4-6-17)28(33(31,32)21-13-9-19(26)10-14-21)22-15-23(29)27(24(22)30)20-11-7-18(25)8-12-20/h2-14,16,22H,15H2,1H3. The van der Waals surface area contributed by atoms with Crippen molar-refractivity contribution in [3.8, 4) is 0 Å². The minimum atomic E-state index is -4.15. The Hall–Kier alpha value is -2.52. The summed E-state index contributed by atoms with van der Waals surface area (Å²) in [6.07, 6.45) is -0.251. The van der Waals surface area contributed by atoms with Crippen molar-refractivity contribution in [2.75, 3.05) is 4.90 Å². The second kappa shape index (κ2) is 9.38. The third kappa shape index (κ3) is 4.61. The Labute approximate surface area is 206 Å². The van der Waals surface area contributed by atoms with Gasteiger partial charge in [0, 0.05) is 15.5 Å². The molecule has 3 aromatic carbocycles. The zero-order chi connectivity index (χ0) is 23.8. The fourth-order valence-corrected chi connectivity index (χ4v) is 6.08. The third-order valence-corrected chi connectivity index (χ3v) is 8.34. The zero-order valence-electron chi connectivity index (χ0n) is 17.6. The van der Waals surface area contributed by atoms with Gasteiger partial charge in [0.2, 0.25) is 15.9 Å². The number of halogens is 2. The van der Waals surface area contributed by atoms with Crippen LogP contribution in [-0.2, 0) is 19.6 Å². The van der Waals surface area contributed by atoms with E-state index in [4.69, 9.17) is 11.6 Å². The summed E-state index contributed by atoms with van der Waals surface area (Å²) in [5.41, 5.74) is 1.10. The molecule has 1 heterocycles. The molecular weight excluding hydrogens is 528 g/mol. The molecule has 0 saturated carbocycles. The van der Waals surface area contributed by atoms with Crippen LogP contribution < -0.4 is 4.90 Å². The summed E-state index contributed by atoms with van der Waals surface area (Å²) in [6, 6.07) is 19.6. The number of benzene rings is 3. The van der Waals surface area contributed by atoms with Crippen LogP contribution in [0.5, 0.6) is 0 Å². The van der Waals surface area contributed by atoms with Crippen molar-refractivity contribution in [3.63, 3.8) is 0 Å². The molecule has 6 nitrogen and oxygen atoms in total. The largest absolute Gasteiger partial charge is 0.274 e. The van der Waals surface area contributed by atoms with Gasteiger partial charge in [-0.1, -0.05) is 57.9 Å². The van der Waals surface area contributed by atoms with E-state index in [0.717, 1.165) is 13.7 Å². The minimum absolute atomic E-state index is 0.00276. The monoisotopic (exact) mass is 546 g/mol. The van der Waals surface area contributed by atoms with E-state index in [2.05, 4.69) is 15.9 Å². The smallest absolute Gasteiger partial charge is 0.252 e. The van der Waals surface area contributed by atoms with Gasteiger partial charge in [-0.15, -0.1) is 0 Å². The summed E-state index contributed by atoms with van der Waals surface area (Å²) in [6.45, 7) is 1.71. The Morgan fingerprint density at radius 2 is 1.58 bits per heavy atom. The van der Waals surface area contributed by atoms with Crippen LogP contribution in [0, 0.1) is 0 Å². The van der Waals surface area contributed by atoms with E-state index in [1.807, 2.05) is 6.07 Å². The molecule has 2 amide bonds. The van der Waals surface area contributed by atoms with Gasteiger partial charge in [-0.05, 0) is 61.0 Å². The van der Waals surface area contributed by atoms with Crippen LogP contribution in [0.2, 0.25) is 5.02 Å². The van der Waals surface area contributed by atoms with Crippen LogP contribution in [0.15, 0.2) is 88.2 Å². The van der Waals surface area contributed by atoms with E-state index in [9.17, 15) is 18.0 Å². The van der Waals surface area contributed by atoms with Gasteiger partial charge < -0.3 is 0 Å². The molecule has 2 unspecified atom stereocenters. The minimum Gasteiger partial charge on any atom is -0.274 e. The van der Waals surface area contributed by atoms with Crippen LogP contribution in [0.1, 0.15) is 24.9 Å². The topological polar surface area (TPSA) is 74.8 Å². The van der Waals surface area contributed by atoms with Crippen molar-refractivity contribution in [1.29, 1.82) is 0 Å². The molecule has 2 atom stereocenters. The molecule has 1 aliphatic heterocycles. The van der Waals surface area contributed by atoms with Crippen molar-refractivity contribution in [1.82, 2.24) is 4.31 Å². The zero-order valence-corrected chi connectivity index (χ0v) is 20.7. The summed E-state index contributed by atoms with van der Waals surface area (Å²) in [4.78, 5) is 27.4. The first kappa shape index (κ1) is 23.6. The van der Waals surface area contributed by atoms with Crippen LogP contribution in [0.4, 0.5) is 5.69 Å². The van der Waals surface area contributed by atoms with Gasteiger partial charge in [0.25, 0.3) is 5.91 Å². The van der Waals surface area contributed by atoms with Gasteiger partial charge in [0.1, 0.15) is 6.04 Å². The molecule has 0 aliphatic carbocycles. The predicted octanol–water partition coefficient (Wildman–Crippen LogP) is 5.19. The highest BCUT2D eigenvalue weighted by Crippen LogP contribution is 2.36. The molecule has 1 saturated heterocycles. The molecule has 0 N–H and O–H groups in total. The quantitative estimate of drug-likeness (QED) is 0.398. The van der Waals surface area contributed by atoms with E-state index in [-0.39, 0.29) is 11.3 Å². The average molecular weight is 548 g/mol. The summed E-state index contributed by atoms with van der Waals surface area (Å²) >= 11 is 9.29. The predicted molar refractivity (Wildman–Crippen MR) is 130 cm³/mol.